The summed E-state index contributed by atoms with van der Waals surface area (Å²) in [5.74, 6) is -3.12. The molecule has 0 aromatic carbocycles. The molecule has 0 fully saturated rings. The van der Waals surface area contributed by atoms with Crippen LogP contribution in [0.2, 0.25) is 0 Å². The fraction of sp³-hybridized carbons (Fsp3) is 0.810. The molecule has 0 aliphatic heterocycles. The highest BCUT2D eigenvalue weighted by molar-refractivity contribution is 5.88. The SMILES string of the molecule is CCCCOC(=O)CC[C@H](NC(=O)N[C@@H](CCC(=O)NCCCCCCCC(=O)N[C@@H](CCCCNC(=O)OC(C)(C)C)C(N)=O)C(=O)OCCCC)C(=O)OCCCC. The topological polar surface area (TPSA) is 260 Å². The Kier molecular flexibility index (Phi) is 31.5. The van der Waals surface area contributed by atoms with E-state index in [1.807, 2.05) is 20.8 Å². The van der Waals surface area contributed by atoms with Gasteiger partial charge in [0.15, 0.2) is 0 Å². The predicted octanol–water partition coefficient (Wildman–Crippen LogP) is 4.74. The molecule has 0 radical (unpaired) electrons. The molecule has 0 saturated heterocycles. The van der Waals surface area contributed by atoms with E-state index in [9.17, 15) is 38.4 Å². The highest BCUT2D eigenvalue weighted by Crippen LogP contribution is 2.10. The van der Waals surface area contributed by atoms with Crippen LogP contribution in [0, 0.1) is 0 Å². The summed E-state index contributed by atoms with van der Waals surface area (Å²) in [6.45, 7) is 12.5. The van der Waals surface area contributed by atoms with Gasteiger partial charge in [-0.15, -0.1) is 0 Å². The molecule has 346 valence electrons. The van der Waals surface area contributed by atoms with Gasteiger partial charge in [0.2, 0.25) is 17.7 Å². The molecule has 0 aliphatic rings. The summed E-state index contributed by atoms with van der Waals surface area (Å²) >= 11 is 0. The van der Waals surface area contributed by atoms with Gasteiger partial charge in [0.1, 0.15) is 23.7 Å². The van der Waals surface area contributed by atoms with Crippen LogP contribution in [0.3, 0.4) is 0 Å². The zero-order valence-electron chi connectivity index (χ0n) is 37.2. The van der Waals surface area contributed by atoms with Gasteiger partial charge >= 0.3 is 30.0 Å². The van der Waals surface area contributed by atoms with Crippen LogP contribution in [0.25, 0.3) is 0 Å². The number of carbonyl (C=O) groups is 8. The zero-order chi connectivity index (χ0) is 45.2. The molecule has 0 heterocycles. The second-order valence-corrected chi connectivity index (χ2v) is 15.7. The van der Waals surface area contributed by atoms with E-state index >= 15 is 0 Å². The fourth-order valence-electron chi connectivity index (χ4n) is 5.42. The summed E-state index contributed by atoms with van der Waals surface area (Å²) in [4.78, 5) is 99.7. The lowest BCUT2D eigenvalue weighted by atomic mass is 10.1. The third kappa shape index (κ3) is 31.3. The molecular formula is C42H76N6O12. The normalized spacial score (nSPS) is 12.5. The number of hydrogen-bond donors (Lipinski definition) is 6. The van der Waals surface area contributed by atoms with E-state index in [4.69, 9.17) is 24.7 Å². The lowest BCUT2D eigenvalue weighted by molar-refractivity contribution is -0.148. The molecule has 0 aromatic rings. The Morgan fingerprint density at radius 1 is 0.517 bits per heavy atom. The van der Waals surface area contributed by atoms with Crippen LogP contribution < -0.4 is 32.3 Å². The van der Waals surface area contributed by atoms with Crippen molar-refractivity contribution >= 4 is 47.8 Å². The number of primary amides is 1. The van der Waals surface area contributed by atoms with Crippen LogP contribution in [0.5, 0.6) is 0 Å². The van der Waals surface area contributed by atoms with E-state index in [1.165, 1.54) is 0 Å². The van der Waals surface area contributed by atoms with Crippen molar-refractivity contribution in [3.05, 3.63) is 0 Å². The zero-order valence-corrected chi connectivity index (χ0v) is 37.2. The second kappa shape index (κ2) is 34.1. The number of carbonyl (C=O) groups excluding carboxylic acids is 8. The quantitative estimate of drug-likeness (QED) is 0.0292. The Morgan fingerprint density at radius 3 is 1.57 bits per heavy atom. The van der Waals surface area contributed by atoms with Gasteiger partial charge in [0, 0.05) is 32.4 Å². The molecule has 0 aliphatic carbocycles. The summed E-state index contributed by atoms with van der Waals surface area (Å²) in [6.07, 6.45) is 9.00. The smallest absolute Gasteiger partial charge is 0.407 e. The van der Waals surface area contributed by atoms with Crippen molar-refractivity contribution in [1.82, 2.24) is 26.6 Å². The van der Waals surface area contributed by atoms with Crippen molar-refractivity contribution < 1.29 is 57.3 Å². The van der Waals surface area contributed by atoms with E-state index in [0.717, 1.165) is 38.5 Å². The Balaban J connectivity index is 4.75. The van der Waals surface area contributed by atoms with E-state index in [0.29, 0.717) is 64.5 Å². The average molecular weight is 857 g/mol. The van der Waals surface area contributed by atoms with Gasteiger partial charge in [0.05, 0.1) is 19.8 Å². The standard InChI is InChI=1S/C42H76N6O12/c1-7-10-28-57-36(51)25-23-33(39(54)59-30-12-9-3)48-40(55)47-32(38(53)58-29-11-8-2)22-24-34(49)44-26-18-15-13-14-16-21-35(50)46-31(37(43)52)20-17-19-27-45-41(56)60-42(4,5)6/h31-33H,7-30H2,1-6H3,(H2,43,52)(H,44,49)(H,45,56)(H,46,50)(H2,47,48,55)/t31-,32-,33-/m0/s1. The lowest BCUT2D eigenvalue weighted by Gasteiger charge is -2.21. The number of nitrogens with two attached hydrogens (primary N) is 1. The molecule has 0 bridgehead atoms. The summed E-state index contributed by atoms with van der Waals surface area (Å²) in [5.41, 5.74) is 4.89. The van der Waals surface area contributed by atoms with Crippen molar-refractivity contribution in [2.45, 2.75) is 187 Å². The Morgan fingerprint density at radius 2 is 1.02 bits per heavy atom. The molecule has 0 saturated carbocycles. The number of amides is 6. The number of nitrogens with one attached hydrogen (secondary N) is 5. The Bertz CT molecular complexity index is 1290. The largest absolute Gasteiger partial charge is 0.466 e. The van der Waals surface area contributed by atoms with E-state index < -0.39 is 59.7 Å². The highest BCUT2D eigenvalue weighted by Gasteiger charge is 2.28. The first kappa shape index (κ1) is 55.4. The van der Waals surface area contributed by atoms with Crippen LogP contribution in [-0.4, -0.2) is 104 Å². The monoisotopic (exact) mass is 857 g/mol. The van der Waals surface area contributed by atoms with Crippen LogP contribution in [0.15, 0.2) is 0 Å². The Labute approximate surface area is 357 Å². The van der Waals surface area contributed by atoms with Gasteiger partial charge < -0.3 is 51.3 Å². The van der Waals surface area contributed by atoms with Gasteiger partial charge in [0.25, 0.3) is 0 Å². The maximum Gasteiger partial charge on any atom is 0.407 e. The number of unbranched alkanes of at least 4 members (excludes halogenated alkanes) is 8. The second-order valence-electron chi connectivity index (χ2n) is 15.7. The van der Waals surface area contributed by atoms with Crippen LogP contribution in [0.4, 0.5) is 9.59 Å². The van der Waals surface area contributed by atoms with Crippen LogP contribution in [-0.2, 0) is 47.7 Å². The highest BCUT2D eigenvalue weighted by atomic mass is 16.6. The van der Waals surface area contributed by atoms with Gasteiger partial charge in [-0.2, -0.15) is 0 Å². The molecule has 0 spiro atoms. The fourth-order valence-corrected chi connectivity index (χ4v) is 5.42. The molecular weight excluding hydrogens is 780 g/mol. The predicted molar refractivity (Wildman–Crippen MR) is 225 cm³/mol. The maximum atomic E-state index is 13.1. The lowest BCUT2D eigenvalue weighted by Crippen LogP contribution is -2.52. The van der Waals surface area contributed by atoms with Crippen LogP contribution in [0.1, 0.15) is 164 Å². The molecule has 7 N–H and O–H groups in total. The molecule has 18 nitrogen and oxygen atoms in total. The summed E-state index contributed by atoms with van der Waals surface area (Å²) < 4.78 is 21.0. The molecule has 0 aromatic heterocycles. The van der Waals surface area contributed by atoms with E-state index in [-0.39, 0.29) is 63.7 Å². The average Bonchev–Trinajstić information content (AvgIpc) is 3.17. The van der Waals surface area contributed by atoms with Crippen molar-refractivity contribution in [3.63, 3.8) is 0 Å². The summed E-state index contributed by atoms with van der Waals surface area (Å²) in [7, 11) is 0. The van der Waals surface area contributed by atoms with Crippen molar-refractivity contribution in [2.75, 3.05) is 32.9 Å². The van der Waals surface area contributed by atoms with Crippen LogP contribution >= 0.6 is 0 Å². The Hall–Kier alpha value is -4.64. The molecule has 0 unspecified atom stereocenters. The first-order valence-corrected chi connectivity index (χ1v) is 21.9. The number of urea groups is 1. The minimum atomic E-state index is -1.17. The molecule has 3 atom stereocenters. The number of hydrogen-bond acceptors (Lipinski definition) is 12. The van der Waals surface area contributed by atoms with Gasteiger partial charge in [-0.1, -0.05) is 59.3 Å². The van der Waals surface area contributed by atoms with E-state index in [1.54, 1.807) is 20.8 Å². The molecule has 18 heteroatoms. The third-order valence-corrected chi connectivity index (χ3v) is 8.89. The maximum absolute atomic E-state index is 13.1. The number of esters is 3. The molecule has 60 heavy (non-hydrogen) atoms. The minimum Gasteiger partial charge on any atom is -0.466 e. The van der Waals surface area contributed by atoms with Gasteiger partial charge in [-0.25, -0.2) is 19.2 Å². The number of rotatable bonds is 34. The number of ether oxygens (including phenoxy) is 4. The molecule has 6 amide bonds. The van der Waals surface area contributed by atoms with Crippen molar-refractivity contribution in [3.8, 4) is 0 Å². The first-order chi connectivity index (χ1) is 28.5. The van der Waals surface area contributed by atoms with Crippen molar-refractivity contribution in [2.24, 2.45) is 5.73 Å². The number of alkyl carbamates (subject to hydrolysis) is 1. The summed E-state index contributed by atoms with van der Waals surface area (Å²) in [5, 5.41) is 13.2. The first-order valence-electron chi connectivity index (χ1n) is 21.9. The van der Waals surface area contributed by atoms with Gasteiger partial charge in [-0.05, 0) is 85.0 Å². The van der Waals surface area contributed by atoms with Gasteiger partial charge in [-0.3, -0.25) is 19.2 Å². The summed E-state index contributed by atoms with van der Waals surface area (Å²) in [6, 6.07) is -3.99. The van der Waals surface area contributed by atoms with Crippen molar-refractivity contribution in [1.29, 1.82) is 0 Å². The van der Waals surface area contributed by atoms with E-state index in [2.05, 4.69) is 26.6 Å². The molecule has 0 rings (SSSR count). The third-order valence-electron chi connectivity index (χ3n) is 8.89. The minimum absolute atomic E-state index is 0.0520.